The smallest absolute Gasteiger partial charge is 0.356 e. The minimum absolute atomic E-state index is 0.122. The van der Waals surface area contributed by atoms with Crippen molar-refractivity contribution in [3.63, 3.8) is 0 Å². The number of nitrogens with zero attached hydrogens (tertiary/aromatic N) is 1. The number of methoxy groups -OCH3 is 1. The van der Waals surface area contributed by atoms with Gasteiger partial charge in [0.25, 0.3) is 0 Å². The molecule has 4 nitrogen and oxygen atoms in total. The van der Waals surface area contributed by atoms with Crippen LogP contribution in [0.4, 0.5) is 0 Å². The number of hydrogen-bond donors (Lipinski definition) is 0. The quantitative estimate of drug-likeness (QED) is 0.588. The van der Waals surface area contributed by atoms with Gasteiger partial charge in [0.15, 0.2) is 0 Å². The van der Waals surface area contributed by atoms with E-state index in [0.717, 1.165) is 4.24 Å². The van der Waals surface area contributed by atoms with Crippen molar-refractivity contribution in [3.8, 4) is 0 Å². The Morgan fingerprint density at radius 3 is 1.83 bits per heavy atom. The van der Waals surface area contributed by atoms with Gasteiger partial charge >= 0.3 is 5.97 Å². The van der Waals surface area contributed by atoms with Crippen LogP contribution in [0.2, 0.25) is 0 Å². The average Bonchev–Trinajstić information content (AvgIpc) is 2.31. The van der Waals surface area contributed by atoms with Gasteiger partial charge in [-0.1, -0.05) is 20.8 Å². The molecule has 0 atom stereocenters. The predicted octanol–water partition coefficient (Wildman–Crippen LogP) is 2.56. The van der Waals surface area contributed by atoms with Gasteiger partial charge in [-0.25, -0.2) is 4.79 Å². The molecule has 0 aromatic heterocycles. The van der Waals surface area contributed by atoms with Gasteiger partial charge in [-0.2, -0.15) is 0 Å². The number of thioether (sulfide) groups is 2. The fraction of sp³-hybridized carbons (Fsp3) is 0.667. The zero-order valence-electron chi connectivity index (χ0n) is 12.0. The van der Waals surface area contributed by atoms with Gasteiger partial charge in [0, 0.05) is 12.5 Å². The number of hydrogen-bond acceptors (Lipinski definition) is 5. The first-order valence-electron chi connectivity index (χ1n) is 5.39. The number of carbonyl (C=O) groups excluding carboxylic acids is 2. The van der Waals surface area contributed by atoms with Gasteiger partial charge in [0.05, 0.1) is 11.3 Å². The Hall–Kier alpha value is -0.620. The summed E-state index contributed by atoms with van der Waals surface area (Å²) in [6.45, 7) is 5.45. The van der Waals surface area contributed by atoms with E-state index in [4.69, 9.17) is 4.74 Å². The Kier molecular flexibility index (Phi) is 6.84. The molecule has 0 saturated heterocycles. The molecule has 0 saturated carbocycles. The zero-order valence-corrected chi connectivity index (χ0v) is 13.6. The van der Waals surface area contributed by atoms with E-state index in [2.05, 4.69) is 0 Å². The maximum absolute atomic E-state index is 12.2. The van der Waals surface area contributed by atoms with Crippen molar-refractivity contribution < 1.29 is 14.3 Å². The number of esters is 1. The first kappa shape index (κ1) is 17.4. The van der Waals surface area contributed by atoms with Gasteiger partial charge in [-0.15, -0.1) is 23.5 Å². The molecule has 0 aromatic rings. The summed E-state index contributed by atoms with van der Waals surface area (Å²) in [6.07, 6.45) is 3.73. The Labute approximate surface area is 118 Å². The molecule has 104 valence electrons. The molecule has 0 heterocycles. The molecule has 0 aliphatic rings. The summed E-state index contributed by atoms with van der Waals surface area (Å²) >= 11 is 2.85. The highest BCUT2D eigenvalue weighted by atomic mass is 32.2. The minimum Gasteiger partial charge on any atom is -0.464 e. The van der Waals surface area contributed by atoms with Crippen LogP contribution >= 0.6 is 23.5 Å². The van der Waals surface area contributed by atoms with Crippen LogP contribution in [0.1, 0.15) is 20.8 Å². The largest absolute Gasteiger partial charge is 0.464 e. The van der Waals surface area contributed by atoms with Crippen LogP contribution < -0.4 is 0 Å². The summed E-state index contributed by atoms with van der Waals surface area (Å²) in [5.74, 6) is -0.614. The molecule has 0 radical (unpaired) electrons. The van der Waals surface area contributed by atoms with E-state index >= 15 is 0 Å². The Balaban J connectivity index is 5.56. The van der Waals surface area contributed by atoms with Gasteiger partial charge in [-0.05, 0) is 12.5 Å². The summed E-state index contributed by atoms with van der Waals surface area (Å²) in [5.41, 5.74) is -0.243. The third kappa shape index (κ3) is 4.24. The number of amides is 1. The van der Waals surface area contributed by atoms with E-state index in [0.29, 0.717) is 5.70 Å². The van der Waals surface area contributed by atoms with Crippen molar-refractivity contribution in [3.05, 3.63) is 9.93 Å². The van der Waals surface area contributed by atoms with Crippen LogP contribution in [0.5, 0.6) is 0 Å². The highest BCUT2D eigenvalue weighted by molar-refractivity contribution is 8.21. The first-order chi connectivity index (χ1) is 8.20. The molecule has 0 rings (SSSR count). The van der Waals surface area contributed by atoms with Gasteiger partial charge in [0.2, 0.25) is 5.91 Å². The number of likely N-dealkylation sites (N-methyl/N-ethyl adjacent to an activating group) is 1. The summed E-state index contributed by atoms with van der Waals surface area (Å²) in [5, 5.41) is 0. The standard InChI is InChI=1S/C12H21NO3S2/c1-12(2,3)11(15)13(4)8(9(14)16-5)10(17-6)18-7/h1-7H3. The normalized spacial score (nSPS) is 10.8. The molecular formula is C12H21NO3S2. The van der Waals surface area contributed by atoms with Crippen molar-refractivity contribution in [2.45, 2.75) is 20.8 Å². The summed E-state index contributed by atoms with van der Waals surface area (Å²) in [4.78, 5) is 25.5. The molecular weight excluding hydrogens is 270 g/mol. The van der Waals surface area contributed by atoms with Gasteiger partial charge in [-0.3, -0.25) is 4.79 Å². The molecule has 1 amide bonds. The van der Waals surface area contributed by atoms with Crippen LogP contribution in [-0.4, -0.2) is 43.4 Å². The topological polar surface area (TPSA) is 46.6 Å². The number of rotatable bonds is 4. The molecule has 0 bridgehead atoms. The van der Waals surface area contributed by atoms with Crippen LogP contribution in [0.15, 0.2) is 9.93 Å². The van der Waals surface area contributed by atoms with Crippen LogP contribution in [0.25, 0.3) is 0 Å². The molecule has 0 unspecified atom stereocenters. The van der Waals surface area contributed by atoms with Crippen molar-refractivity contribution in [1.82, 2.24) is 4.90 Å². The lowest BCUT2D eigenvalue weighted by Crippen LogP contribution is -2.39. The number of ether oxygens (including phenoxy) is 1. The van der Waals surface area contributed by atoms with Gasteiger partial charge in [0.1, 0.15) is 5.70 Å². The number of carbonyl (C=O) groups is 2. The van der Waals surface area contributed by atoms with Crippen molar-refractivity contribution in [2.75, 3.05) is 26.7 Å². The molecule has 0 aliphatic heterocycles. The molecule has 0 fully saturated rings. The van der Waals surface area contributed by atoms with Crippen molar-refractivity contribution in [1.29, 1.82) is 0 Å². The summed E-state index contributed by atoms with van der Waals surface area (Å²) in [6, 6.07) is 0. The van der Waals surface area contributed by atoms with E-state index < -0.39 is 11.4 Å². The molecule has 0 N–H and O–H groups in total. The maximum Gasteiger partial charge on any atom is 0.356 e. The Bertz CT molecular complexity index is 353. The summed E-state index contributed by atoms with van der Waals surface area (Å²) in [7, 11) is 2.92. The Morgan fingerprint density at radius 2 is 1.56 bits per heavy atom. The second-order valence-corrected chi connectivity index (χ2v) is 6.54. The minimum atomic E-state index is -0.546. The van der Waals surface area contributed by atoms with Crippen molar-refractivity contribution in [2.24, 2.45) is 5.41 Å². The first-order valence-corrected chi connectivity index (χ1v) is 7.84. The van der Waals surface area contributed by atoms with E-state index in [1.54, 1.807) is 7.05 Å². The summed E-state index contributed by atoms with van der Waals surface area (Å²) < 4.78 is 5.53. The second kappa shape index (κ2) is 7.09. The fourth-order valence-corrected chi connectivity index (χ4v) is 2.83. The SMILES string of the molecule is COC(=O)C(=C(SC)SC)N(C)C(=O)C(C)(C)C. The Morgan fingerprint density at radius 1 is 1.11 bits per heavy atom. The van der Waals surface area contributed by atoms with Crippen molar-refractivity contribution >= 4 is 35.4 Å². The third-order valence-corrected chi connectivity index (χ3v) is 4.35. The highest BCUT2D eigenvalue weighted by Crippen LogP contribution is 2.31. The van der Waals surface area contributed by atoms with E-state index in [9.17, 15) is 9.59 Å². The maximum atomic E-state index is 12.2. The van der Waals surface area contributed by atoms with Gasteiger partial charge < -0.3 is 9.64 Å². The monoisotopic (exact) mass is 291 g/mol. The van der Waals surface area contributed by atoms with Crippen LogP contribution in [0, 0.1) is 5.41 Å². The zero-order chi connectivity index (χ0) is 14.5. The second-order valence-electron chi connectivity index (χ2n) is 4.65. The molecule has 0 aromatic carbocycles. The van der Waals surface area contributed by atoms with Crippen LogP contribution in [-0.2, 0) is 14.3 Å². The molecule has 18 heavy (non-hydrogen) atoms. The lowest BCUT2D eigenvalue weighted by Gasteiger charge is -2.27. The molecule has 0 aliphatic carbocycles. The lowest BCUT2D eigenvalue weighted by molar-refractivity contribution is -0.144. The molecule has 6 heteroatoms. The highest BCUT2D eigenvalue weighted by Gasteiger charge is 2.31. The lowest BCUT2D eigenvalue weighted by atomic mass is 9.95. The van der Waals surface area contributed by atoms with E-state index in [1.807, 2.05) is 33.3 Å². The van der Waals surface area contributed by atoms with E-state index in [1.165, 1.54) is 35.5 Å². The third-order valence-electron chi connectivity index (χ3n) is 2.22. The van der Waals surface area contributed by atoms with Crippen LogP contribution in [0.3, 0.4) is 0 Å². The predicted molar refractivity (Wildman–Crippen MR) is 78.3 cm³/mol. The molecule has 0 spiro atoms. The van der Waals surface area contributed by atoms with E-state index in [-0.39, 0.29) is 5.91 Å². The fourth-order valence-electron chi connectivity index (χ4n) is 1.34. The average molecular weight is 291 g/mol.